The molecule has 0 radical (unpaired) electrons. The van der Waals surface area contributed by atoms with Gasteiger partial charge in [0.1, 0.15) is 12.6 Å². The summed E-state index contributed by atoms with van der Waals surface area (Å²) in [6, 6.07) is 10.4. The Labute approximate surface area is 227 Å². The summed E-state index contributed by atoms with van der Waals surface area (Å²) in [7, 11) is -3.83. The number of carbonyl (C=O) groups is 2. The van der Waals surface area contributed by atoms with Crippen LogP contribution in [0.5, 0.6) is 0 Å². The molecule has 0 bridgehead atoms. The molecule has 0 aromatic heterocycles. The molecule has 1 fully saturated rings. The average Bonchev–Trinajstić information content (AvgIpc) is 3.32. The van der Waals surface area contributed by atoms with Crippen molar-refractivity contribution in [1.29, 1.82) is 0 Å². The van der Waals surface area contributed by atoms with Crippen LogP contribution in [0.4, 0.5) is 5.69 Å². The molecule has 0 spiro atoms. The van der Waals surface area contributed by atoms with Crippen molar-refractivity contribution < 1.29 is 18.0 Å². The summed E-state index contributed by atoms with van der Waals surface area (Å²) in [5, 5.41) is 4.19. The zero-order chi connectivity index (χ0) is 26.5. The van der Waals surface area contributed by atoms with Crippen molar-refractivity contribution in [3.8, 4) is 0 Å². The zero-order valence-corrected chi connectivity index (χ0v) is 23.3. The molecular formula is C25H30Cl3N3O4S. The van der Waals surface area contributed by atoms with E-state index in [1.54, 1.807) is 37.3 Å². The molecule has 0 saturated heterocycles. The van der Waals surface area contributed by atoms with Crippen molar-refractivity contribution in [3.63, 3.8) is 0 Å². The maximum atomic E-state index is 13.7. The lowest BCUT2D eigenvalue weighted by Gasteiger charge is -2.33. The van der Waals surface area contributed by atoms with Crippen LogP contribution in [0.15, 0.2) is 42.5 Å². The Bertz CT molecular complexity index is 1170. The highest BCUT2D eigenvalue weighted by Gasteiger charge is 2.33. The van der Waals surface area contributed by atoms with Gasteiger partial charge in [-0.1, -0.05) is 60.6 Å². The number of sulfonamides is 1. The Morgan fingerprint density at radius 3 is 2.14 bits per heavy atom. The topological polar surface area (TPSA) is 86.8 Å². The predicted molar refractivity (Wildman–Crippen MR) is 145 cm³/mol. The van der Waals surface area contributed by atoms with E-state index in [9.17, 15) is 18.0 Å². The number of benzene rings is 2. The fourth-order valence-electron chi connectivity index (χ4n) is 4.36. The summed E-state index contributed by atoms with van der Waals surface area (Å²) >= 11 is 18.7. The Kier molecular flexibility index (Phi) is 9.92. The molecule has 2 aromatic rings. The van der Waals surface area contributed by atoms with E-state index in [1.165, 1.54) is 17.0 Å². The quantitative estimate of drug-likeness (QED) is 0.418. The first-order valence-corrected chi connectivity index (χ1v) is 14.8. The minimum atomic E-state index is -3.83. The van der Waals surface area contributed by atoms with Gasteiger partial charge in [-0.2, -0.15) is 0 Å². The summed E-state index contributed by atoms with van der Waals surface area (Å²) in [4.78, 5) is 28.4. The third kappa shape index (κ3) is 7.28. The summed E-state index contributed by atoms with van der Waals surface area (Å²) in [5.74, 6) is -0.835. The van der Waals surface area contributed by atoms with Crippen molar-refractivity contribution in [3.05, 3.63) is 63.1 Å². The maximum absolute atomic E-state index is 13.7. The van der Waals surface area contributed by atoms with E-state index in [4.69, 9.17) is 34.8 Å². The summed E-state index contributed by atoms with van der Waals surface area (Å²) in [6.45, 7) is 1.25. The largest absolute Gasteiger partial charge is 0.352 e. The monoisotopic (exact) mass is 573 g/mol. The molecule has 1 N–H and O–H groups in total. The van der Waals surface area contributed by atoms with Gasteiger partial charge in [0.25, 0.3) is 0 Å². The maximum Gasteiger partial charge on any atom is 0.244 e. The molecule has 11 heteroatoms. The minimum Gasteiger partial charge on any atom is -0.352 e. The van der Waals surface area contributed by atoms with Crippen LogP contribution < -0.4 is 9.62 Å². The number of hydrogen-bond donors (Lipinski definition) is 1. The summed E-state index contributed by atoms with van der Waals surface area (Å²) < 4.78 is 26.3. The first kappa shape index (κ1) is 28.6. The van der Waals surface area contributed by atoms with E-state index in [0.717, 1.165) is 36.2 Å². The number of nitrogens with zero attached hydrogens (tertiary/aromatic N) is 2. The third-order valence-electron chi connectivity index (χ3n) is 6.27. The predicted octanol–water partition coefficient (Wildman–Crippen LogP) is 5.28. The van der Waals surface area contributed by atoms with Gasteiger partial charge in [0.2, 0.25) is 21.8 Å². The lowest BCUT2D eigenvalue weighted by Crippen LogP contribution is -2.53. The van der Waals surface area contributed by atoms with Gasteiger partial charge >= 0.3 is 0 Å². The van der Waals surface area contributed by atoms with Crippen molar-refractivity contribution in [1.82, 2.24) is 10.2 Å². The van der Waals surface area contributed by atoms with Crippen molar-refractivity contribution in [2.45, 2.75) is 57.7 Å². The van der Waals surface area contributed by atoms with E-state index in [-0.39, 0.29) is 24.2 Å². The third-order valence-corrected chi connectivity index (χ3v) is 8.37. The molecule has 1 aliphatic carbocycles. The van der Waals surface area contributed by atoms with Crippen LogP contribution in [0.2, 0.25) is 15.1 Å². The van der Waals surface area contributed by atoms with Gasteiger partial charge < -0.3 is 10.2 Å². The molecule has 3 rings (SSSR count). The van der Waals surface area contributed by atoms with E-state index < -0.39 is 28.5 Å². The number of halogens is 3. The van der Waals surface area contributed by atoms with E-state index in [0.29, 0.717) is 27.1 Å². The van der Waals surface area contributed by atoms with Gasteiger partial charge in [0.05, 0.1) is 11.9 Å². The van der Waals surface area contributed by atoms with Crippen LogP contribution in [0, 0.1) is 0 Å². The van der Waals surface area contributed by atoms with Crippen molar-refractivity contribution in [2.75, 3.05) is 17.1 Å². The molecule has 2 aromatic carbocycles. The molecule has 1 atom stereocenters. The highest BCUT2D eigenvalue weighted by Crippen LogP contribution is 2.28. The van der Waals surface area contributed by atoms with Gasteiger partial charge in [0, 0.05) is 33.2 Å². The minimum absolute atomic E-state index is 0.0495. The number of amides is 2. The molecule has 1 saturated carbocycles. The van der Waals surface area contributed by atoms with Crippen LogP contribution in [0.1, 0.15) is 44.6 Å². The van der Waals surface area contributed by atoms with Gasteiger partial charge in [0.15, 0.2) is 0 Å². The highest BCUT2D eigenvalue weighted by molar-refractivity contribution is 7.92. The number of carbonyl (C=O) groups excluding carboxylic acids is 2. The van der Waals surface area contributed by atoms with Crippen LogP contribution >= 0.6 is 34.8 Å². The van der Waals surface area contributed by atoms with Gasteiger partial charge in [-0.05, 0) is 55.7 Å². The molecule has 2 amide bonds. The van der Waals surface area contributed by atoms with E-state index in [1.807, 2.05) is 0 Å². The standard InChI is InChI=1S/C25H30Cl3N3O4S/c1-3-23(25(33)29-18-7-4-5-8-18)30(15-20-21(27)9-6-10-22(20)28)24(32)16-31(36(2,34)35)19-13-11-17(26)12-14-19/h6,9-14,18,23H,3-5,7-8,15-16H2,1-2H3,(H,29,33)/t23-/m1/s1. The van der Waals surface area contributed by atoms with Crippen molar-refractivity contribution in [2.24, 2.45) is 0 Å². The Balaban J connectivity index is 1.96. The fraction of sp³-hybridized carbons (Fsp3) is 0.440. The second kappa shape index (κ2) is 12.5. The van der Waals surface area contributed by atoms with Gasteiger partial charge in [-0.15, -0.1) is 0 Å². The molecular weight excluding hydrogens is 545 g/mol. The second-order valence-corrected chi connectivity index (χ2v) is 12.0. The molecule has 1 aliphatic rings. The SMILES string of the molecule is CC[C@H](C(=O)NC1CCCC1)N(Cc1c(Cl)cccc1Cl)C(=O)CN(c1ccc(Cl)cc1)S(C)(=O)=O. The van der Waals surface area contributed by atoms with Gasteiger partial charge in [-0.25, -0.2) is 8.42 Å². The smallest absolute Gasteiger partial charge is 0.244 e. The lowest BCUT2D eigenvalue weighted by molar-refractivity contribution is -0.140. The average molecular weight is 575 g/mol. The first-order valence-electron chi connectivity index (χ1n) is 11.8. The van der Waals surface area contributed by atoms with Crippen LogP contribution in [-0.2, 0) is 26.2 Å². The zero-order valence-electron chi connectivity index (χ0n) is 20.2. The Morgan fingerprint density at radius 1 is 1.03 bits per heavy atom. The summed E-state index contributed by atoms with van der Waals surface area (Å²) in [5.41, 5.74) is 0.771. The van der Waals surface area contributed by atoms with Crippen LogP contribution in [0.3, 0.4) is 0 Å². The van der Waals surface area contributed by atoms with E-state index in [2.05, 4.69) is 5.32 Å². The molecule has 0 aliphatic heterocycles. The van der Waals surface area contributed by atoms with Crippen molar-refractivity contribution >= 4 is 62.3 Å². The highest BCUT2D eigenvalue weighted by atomic mass is 35.5. The summed E-state index contributed by atoms with van der Waals surface area (Å²) in [6.07, 6.45) is 5.23. The normalized spacial score (nSPS) is 14.9. The molecule has 0 unspecified atom stereocenters. The molecule has 36 heavy (non-hydrogen) atoms. The Morgan fingerprint density at radius 2 is 1.61 bits per heavy atom. The Hall–Kier alpha value is -2.00. The van der Waals surface area contributed by atoms with Gasteiger partial charge in [-0.3, -0.25) is 13.9 Å². The number of rotatable bonds is 10. The molecule has 196 valence electrons. The number of anilines is 1. The molecule has 0 heterocycles. The first-order chi connectivity index (χ1) is 17.0. The van der Waals surface area contributed by atoms with E-state index >= 15 is 0 Å². The molecule has 7 nitrogen and oxygen atoms in total. The fourth-order valence-corrected chi connectivity index (χ4v) is 5.85. The van der Waals surface area contributed by atoms with Crippen LogP contribution in [-0.4, -0.2) is 50.0 Å². The number of nitrogens with one attached hydrogen (secondary N) is 1. The number of hydrogen-bond acceptors (Lipinski definition) is 4. The lowest BCUT2D eigenvalue weighted by atomic mass is 10.1. The van der Waals surface area contributed by atoms with Crippen LogP contribution in [0.25, 0.3) is 0 Å². The second-order valence-electron chi connectivity index (χ2n) is 8.88.